The van der Waals surface area contributed by atoms with Gasteiger partial charge in [0.2, 0.25) is 5.75 Å². The number of halogens is 1. The molecule has 2 aromatic carbocycles. The largest absolute Gasteiger partial charge is 0.493 e. The van der Waals surface area contributed by atoms with Gasteiger partial charge in [0.1, 0.15) is 0 Å². The number of nitrogens with one attached hydrogen (secondary N) is 1. The number of thioether (sulfide) groups is 1. The van der Waals surface area contributed by atoms with Crippen LogP contribution in [0.2, 0.25) is 5.02 Å². The highest BCUT2D eigenvalue weighted by Gasteiger charge is 2.28. The lowest BCUT2D eigenvalue weighted by Gasteiger charge is -2.31. The molecular formula is C23H31ClN2O4S. The van der Waals surface area contributed by atoms with E-state index in [1.165, 1.54) is 21.3 Å². The molecule has 8 heteroatoms. The van der Waals surface area contributed by atoms with Crippen molar-refractivity contribution in [3.05, 3.63) is 46.5 Å². The van der Waals surface area contributed by atoms with Crippen LogP contribution in [0.4, 0.5) is 5.69 Å². The van der Waals surface area contributed by atoms with Crippen LogP contribution in [-0.4, -0.2) is 39.5 Å². The molecule has 0 bridgehead atoms. The lowest BCUT2D eigenvalue weighted by Crippen LogP contribution is -2.27. The van der Waals surface area contributed by atoms with E-state index in [9.17, 15) is 4.79 Å². The fraction of sp³-hybridized carbons (Fsp3) is 0.435. The molecule has 170 valence electrons. The number of anilines is 1. The summed E-state index contributed by atoms with van der Waals surface area (Å²) in [5, 5.41) is 3.75. The Morgan fingerprint density at radius 3 is 2.23 bits per heavy atom. The van der Waals surface area contributed by atoms with E-state index in [0.717, 1.165) is 11.3 Å². The number of rotatable bonds is 9. The monoisotopic (exact) mass is 466 g/mol. The Labute approximate surface area is 193 Å². The lowest BCUT2D eigenvalue weighted by molar-refractivity contribution is 0.0955. The van der Waals surface area contributed by atoms with Crippen molar-refractivity contribution in [2.75, 3.05) is 39.4 Å². The molecule has 0 saturated carbocycles. The second kappa shape index (κ2) is 10.9. The highest BCUT2D eigenvalue weighted by Crippen LogP contribution is 2.46. The molecule has 1 unspecified atom stereocenters. The van der Waals surface area contributed by atoms with Crippen LogP contribution in [0.1, 0.15) is 41.9 Å². The van der Waals surface area contributed by atoms with Gasteiger partial charge in [-0.05, 0) is 41.3 Å². The smallest absolute Gasteiger partial charge is 0.251 e. The summed E-state index contributed by atoms with van der Waals surface area (Å²) in [7, 11) is 4.56. The highest BCUT2D eigenvalue weighted by molar-refractivity contribution is 7.99. The molecule has 0 aromatic heterocycles. The third-order valence-corrected chi connectivity index (χ3v) is 6.69. The molecule has 3 N–H and O–H groups in total. The SMILES string of the molecule is COc1cc(C(=O)NCCSC(c2cc(Cl)ccc2N)C(C)(C)C)cc(OC)c1OC. The lowest BCUT2D eigenvalue weighted by atomic mass is 9.87. The molecular weight excluding hydrogens is 436 g/mol. The van der Waals surface area contributed by atoms with Crippen molar-refractivity contribution < 1.29 is 19.0 Å². The normalized spacial score (nSPS) is 12.2. The Balaban J connectivity index is 2.07. The maximum Gasteiger partial charge on any atom is 0.251 e. The Morgan fingerprint density at radius 2 is 1.71 bits per heavy atom. The maximum absolute atomic E-state index is 12.7. The van der Waals surface area contributed by atoms with Crippen LogP contribution in [0.5, 0.6) is 17.2 Å². The molecule has 0 heterocycles. The van der Waals surface area contributed by atoms with Gasteiger partial charge >= 0.3 is 0 Å². The molecule has 6 nitrogen and oxygen atoms in total. The van der Waals surface area contributed by atoms with Gasteiger partial charge in [-0.25, -0.2) is 0 Å². The van der Waals surface area contributed by atoms with Crippen molar-refractivity contribution in [2.24, 2.45) is 5.41 Å². The number of benzene rings is 2. The fourth-order valence-corrected chi connectivity index (χ4v) is 4.75. The predicted octanol–water partition coefficient (Wildman–Crippen LogP) is 5.20. The van der Waals surface area contributed by atoms with Gasteiger partial charge in [0.15, 0.2) is 11.5 Å². The Hall–Kier alpha value is -2.25. The third kappa shape index (κ3) is 6.37. The Bertz CT molecular complexity index is 890. The molecule has 31 heavy (non-hydrogen) atoms. The number of carbonyl (C=O) groups excluding carboxylic acids is 1. The molecule has 2 aromatic rings. The van der Waals surface area contributed by atoms with E-state index in [1.807, 2.05) is 12.1 Å². The van der Waals surface area contributed by atoms with Crippen molar-refractivity contribution in [2.45, 2.75) is 26.0 Å². The average Bonchev–Trinajstić information content (AvgIpc) is 2.73. The number of amides is 1. The number of ether oxygens (including phenoxy) is 3. The van der Waals surface area contributed by atoms with E-state index in [-0.39, 0.29) is 16.6 Å². The van der Waals surface area contributed by atoms with Crippen molar-refractivity contribution in [3.63, 3.8) is 0 Å². The summed E-state index contributed by atoms with van der Waals surface area (Å²) < 4.78 is 15.9. The molecule has 2 rings (SSSR count). The van der Waals surface area contributed by atoms with Crippen LogP contribution in [-0.2, 0) is 0 Å². The van der Waals surface area contributed by atoms with Crippen molar-refractivity contribution >= 4 is 35.0 Å². The number of nitrogens with two attached hydrogens (primary N) is 1. The molecule has 0 aliphatic carbocycles. The van der Waals surface area contributed by atoms with E-state index >= 15 is 0 Å². The van der Waals surface area contributed by atoms with Crippen LogP contribution in [0.25, 0.3) is 0 Å². The molecule has 0 aliphatic rings. The van der Waals surface area contributed by atoms with Crippen molar-refractivity contribution in [1.29, 1.82) is 0 Å². The predicted molar refractivity (Wildman–Crippen MR) is 129 cm³/mol. The van der Waals surface area contributed by atoms with Crippen LogP contribution in [0.15, 0.2) is 30.3 Å². The summed E-state index contributed by atoms with van der Waals surface area (Å²) in [5.41, 5.74) is 8.35. The first-order valence-electron chi connectivity index (χ1n) is 9.87. The van der Waals surface area contributed by atoms with E-state index in [0.29, 0.717) is 40.1 Å². The van der Waals surface area contributed by atoms with E-state index in [1.54, 1.807) is 30.0 Å². The molecule has 0 fully saturated rings. The van der Waals surface area contributed by atoms with Crippen LogP contribution < -0.4 is 25.3 Å². The summed E-state index contributed by atoms with van der Waals surface area (Å²) >= 11 is 7.94. The summed E-state index contributed by atoms with van der Waals surface area (Å²) in [4.78, 5) is 12.7. The van der Waals surface area contributed by atoms with Crippen LogP contribution >= 0.6 is 23.4 Å². The zero-order valence-corrected chi connectivity index (χ0v) is 20.4. The molecule has 0 saturated heterocycles. The first-order valence-corrected chi connectivity index (χ1v) is 11.3. The van der Waals surface area contributed by atoms with Crippen LogP contribution in [0.3, 0.4) is 0 Å². The zero-order chi connectivity index (χ0) is 23.2. The minimum atomic E-state index is -0.213. The summed E-state index contributed by atoms with van der Waals surface area (Å²) in [6.45, 7) is 6.99. The Kier molecular flexibility index (Phi) is 8.77. The topological polar surface area (TPSA) is 82.8 Å². The quantitative estimate of drug-likeness (QED) is 0.390. The summed E-state index contributed by atoms with van der Waals surface area (Å²) in [5.74, 6) is 1.82. The summed E-state index contributed by atoms with van der Waals surface area (Å²) in [6.07, 6.45) is 0. The molecule has 0 radical (unpaired) electrons. The first-order chi connectivity index (χ1) is 14.6. The van der Waals surface area contributed by atoms with E-state index in [4.69, 9.17) is 31.5 Å². The number of hydrogen-bond donors (Lipinski definition) is 2. The first kappa shape index (κ1) is 25.0. The van der Waals surface area contributed by atoms with Gasteiger partial charge < -0.3 is 25.3 Å². The van der Waals surface area contributed by atoms with Crippen molar-refractivity contribution in [3.8, 4) is 17.2 Å². The van der Waals surface area contributed by atoms with Gasteiger partial charge in [-0.3, -0.25) is 4.79 Å². The van der Waals surface area contributed by atoms with Gasteiger partial charge in [-0.15, -0.1) is 0 Å². The number of carbonyl (C=O) groups is 1. The molecule has 0 aliphatic heterocycles. The Morgan fingerprint density at radius 1 is 1.10 bits per heavy atom. The summed E-state index contributed by atoms with van der Waals surface area (Å²) in [6, 6.07) is 8.82. The number of methoxy groups -OCH3 is 3. The number of hydrogen-bond acceptors (Lipinski definition) is 6. The van der Waals surface area contributed by atoms with Gasteiger partial charge in [-0.2, -0.15) is 11.8 Å². The van der Waals surface area contributed by atoms with E-state index in [2.05, 4.69) is 26.1 Å². The van der Waals surface area contributed by atoms with Gasteiger partial charge in [0.05, 0.1) is 21.3 Å². The van der Waals surface area contributed by atoms with Gasteiger partial charge in [0.25, 0.3) is 5.91 Å². The van der Waals surface area contributed by atoms with Crippen LogP contribution in [0, 0.1) is 5.41 Å². The van der Waals surface area contributed by atoms with Gasteiger partial charge in [-0.1, -0.05) is 32.4 Å². The second-order valence-corrected chi connectivity index (χ2v) is 9.71. The van der Waals surface area contributed by atoms with Gasteiger partial charge in [0, 0.05) is 33.8 Å². The highest BCUT2D eigenvalue weighted by atomic mass is 35.5. The minimum Gasteiger partial charge on any atom is -0.493 e. The minimum absolute atomic E-state index is 0.0375. The second-order valence-electron chi connectivity index (χ2n) is 8.06. The van der Waals surface area contributed by atoms with E-state index < -0.39 is 0 Å². The third-order valence-electron chi connectivity index (χ3n) is 4.72. The number of nitrogen functional groups attached to an aromatic ring is 1. The maximum atomic E-state index is 12.7. The fourth-order valence-electron chi connectivity index (χ4n) is 3.23. The molecule has 1 amide bonds. The molecule has 1 atom stereocenters. The van der Waals surface area contributed by atoms with Crippen molar-refractivity contribution in [1.82, 2.24) is 5.32 Å². The standard InChI is InChI=1S/C23H31ClN2O4S/c1-23(2,3)21(16-13-15(24)7-8-17(16)25)31-10-9-26-22(27)14-11-18(28-4)20(30-6)19(12-14)29-5/h7-8,11-13,21H,9-10,25H2,1-6H3,(H,26,27). The zero-order valence-electron chi connectivity index (χ0n) is 18.9. The average molecular weight is 467 g/mol. The molecule has 0 spiro atoms.